The average molecular weight is 445 g/mol. The van der Waals surface area contributed by atoms with E-state index in [1.807, 2.05) is 0 Å². The molecule has 0 aromatic heterocycles. The Balaban J connectivity index is 2.28. The number of amides is 1. The third kappa shape index (κ3) is 6.40. The van der Waals surface area contributed by atoms with Crippen molar-refractivity contribution in [1.29, 1.82) is 0 Å². The van der Waals surface area contributed by atoms with Crippen LogP contribution in [0.15, 0.2) is 47.4 Å². The largest absolute Gasteiger partial charge is 0.383 e. The standard InChI is InChI=1S/C19H22ClFN2O5S/c1-27-11-9-23(10-12-28-2)19(24)14-3-8-17(20)18(13-14)22-29(25,26)16-6-4-15(21)5-7-16/h3-8,13,22H,9-12H2,1-2H3. The van der Waals surface area contributed by atoms with E-state index >= 15 is 0 Å². The number of ether oxygens (including phenoxy) is 2. The van der Waals surface area contributed by atoms with Crippen LogP contribution in [0.3, 0.4) is 0 Å². The smallest absolute Gasteiger partial charge is 0.261 e. The van der Waals surface area contributed by atoms with Gasteiger partial charge in [-0.15, -0.1) is 0 Å². The van der Waals surface area contributed by atoms with Gasteiger partial charge in [0.15, 0.2) is 0 Å². The number of hydrogen-bond acceptors (Lipinski definition) is 5. The lowest BCUT2D eigenvalue weighted by Gasteiger charge is -2.22. The number of halogens is 2. The number of benzene rings is 2. The molecule has 0 saturated carbocycles. The molecule has 2 rings (SSSR count). The number of carbonyl (C=O) groups is 1. The molecule has 2 aromatic rings. The van der Waals surface area contributed by atoms with E-state index < -0.39 is 15.8 Å². The van der Waals surface area contributed by atoms with Crippen LogP contribution >= 0.6 is 11.6 Å². The minimum absolute atomic E-state index is 0.0419. The second-order valence-electron chi connectivity index (χ2n) is 6.03. The molecule has 0 aliphatic heterocycles. The van der Waals surface area contributed by atoms with Crippen molar-refractivity contribution in [3.8, 4) is 0 Å². The van der Waals surface area contributed by atoms with Gasteiger partial charge in [0.05, 0.1) is 28.8 Å². The first-order chi connectivity index (χ1) is 13.8. The Morgan fingerprint density at radius 1 is 1.07 bits per heavy atom. The maximum Gasteiger partial charge on any atom is 0.261 e. The fourth-order valence-electron chi connectivity index (χ4n) is 2.45. The predicted molar refractivity (Wildman–Crippen MR) is 108 cm³/mol. The minimum atomic E-state index is -4.01. The molecule has 29 heavy (non-hydrogen) atoms. The summed E-state index contributed by atoms with van der Waals surface area (Å²) in [6.45, 7) is 1.37. The molecule has 0 bridgehead atoms. The summed E-state index contributed by atoms with van der Waals surface area (Å²) in [7, 11) is -0.947. The van der Waals surface area contributed by atoms with Crippen LogP contribution in [-0.4, -0.2) is 59.7 Å². The van der Waals surface area contributed by atoms with Crippen molar-refractivity contribution in [3.05, 3.63) is 58.9 Å². The molecule has 7 nitrogen and oxygen atoms in total. The summed E-state index contributed by atoms with van der Waals surface area (Å²) in [6.07, 6.45) is 0. The summed E-state index contributed by atoms with van der Waals surface area (Å²) in [5.41, 5.74) is 0.290. The highest BCUT2D eigenvalue weighted by molar-refractivity contribution is 7.92. The van der Waals surface area contributed by atoms with Crippen molar-refractivity contribution in [2.45, 2.75) is 4.90 Å². The molecule has 0 aliphatic rings. The van der Waals surface area contributed by atoms with E-state index in [2.05, 4.69) is 4.72 Å². The van der Waals surface area contributed by atoms with Crippen LogP contribution < -0.4 is 4.72 Å². The van der Waals surface area contributed by atoms with Gasteiger partial charge < -0.3 is 14.4 Å². The van der Waals surface area contributed by atoms with Crippen molar-refractivity contribution < 1.29 is 27.1 Å². The summed E-state index contributed by atoms with van der Waals surface area (Å²) in [6, 6.07) is 8.66. The van der Waals surface area contributed by atoms with E-state index in [1.54, 1.807) is 0 Å². The highest BCUT2D eigenvalue weighted by Gasteiger charge is 2.20. The average Bonchev–Trinajstić information content (AvgIpc) is 2.69. The van der Waals surface area contributed by atoms with Crippen LogP contribution in [0.25, 0.3) is 0 Å². The summed E-state index contributed by atoms with van der Waals surface area (Å²) < 4.78 is 50.5. The maximum atomic E-state index is 13.1. The van der Waals surface area contributed by atoms with Crippen molar-refractivity contribution in [2.24, 2.45) is 0 Å². The van der Waals surface area contributed by atoms with E-state index in [0.717, 1.165) is 24.3 Å². The predicted octanol–water partition coefficient (Wildman–Crippen LogP) is 3.01. The van der Waals surface area contributed by atoms with Crippen LogP contribution in [0.2, 0.25) is 5.02 Å². The first kappa shape index (κ1) is 23.1. The van der Waals surface area contributed by atoms with Gasteiger partial charge in [0.25, 0.3) is 15.9 Å². The first-order valence-electron chi connectivity index (χ1n) is 8.63. The van der Waals surface area contributed by atoms with Crippen molar-refractivity contribution in [2.75, 3.05) is 45.2 Å². The highest BCUT2D eigenvalue weighted by Crippen LogP contribution is 2.26. The molecule has 0 atom stereocenters. The molecule has 0 heterocycles. The van der Waals surface area contributed by atoms with Crippen molar-refractivity contribution >= 4 is 33.2 Å². The van der Waals surface area contributed by atoms with Crippen LogP contribution in [0, 0.1) is 5.82 Å². The molecule has 0 spiro atoms. The number of nitrogens with one attached hydrogen (secondary N) is 1. The number of anilines is 1. The third-order valence-corrected chi connectivity index (χ3v) is 5.71. The lowest BCUT2D eigenvalue weighted by molar-refractivity contribution is 0.0627. The van der Waals surface area contributed by atoms with Gasteiger partial charge in [-0.1, -0.05) is 11.6 Å². The molecule has 0 unspecified atom stereocenters. The number of methoxy groups -OCH3 is 2. The van der Waals surface area contributed by atoms with Crippen LogP contribution in [-0.2, 0) is 19.5 Å². The molecule has 158 valence electrons. The Hall–Kier alpha value is -2.20. The van der Waals surface area contributed by atoms with E-state index in [1.165, 1.54) is 37.3 Å². The van der Waals surface area contributed by atoms with Crippen molar-refractivity contribution in [1.82, 2.24) is 4.90 Å². The molecule has 10 heteroatoms. The van der Waals surface area contributed by atoms with E-state index in [4.69, 9.17) is 21.1 Å². The fourth-order valence-corrected chi connectivity index (χ4v) is 3.75. The summed E-state index contributed by atoms with van der Waals surface area (Å²) >= 11 is 6.11. The zero-order chi connectivity index (χ0) is 21.4. The van der Waals surface area contributed by atoms with Gasteiger partial charge in [-0.2, -0.15) is 0 Å². The normalized spacial score (nSPS) is 11.3. The summed E-state index contributed by atoms with van der Waals surface area (Å²) in [5, 5.41) is 0.118. The van der Waals surface area contributed by atoms with Crippen LogP contribution in [0.1, 0.15) is 10.4 Å². The van der Waals surface area contributed by atoms with Gasteiger partial charge in [0.2, 0.25) is 0 Å². The highest BCUT2D eigenvalue weighted by atomic mass is 35.5. The Kier molecular flexibility index (Phi) is 8.39. The van der Waals surface area contributed by atoms with Gasteiger partial charge in [-0.25, -0.2) is 12.8 Å². The topological polar surface area (TPSA) is 84.9 Å². The molecule has 0 fully saturated rings. The van der Waals surface area contributed by atoms with E-state index in [-0.39, 0.29) is 27.1 Å². The molecule has 0 radical (unpaired) electrons. The Morgan fingerprint density at radius 2 is 1.66 bits per heavy atom. The second-order valence-corrected chi connectivity index (χ2v) is 8.12. The van der Waals surface area contributed by atoms with Gasteiger partial charge in [-0.05, 0) is 42.5 Å². The Bertz CT molecular complexity index is 930. The minimum Gasteiger partial charge on any atom is -0.383 e. The molecule has 1 amide bonds. The Morgan fingerprint density at radius 3 is 2.21 bits per heavy atom. The lowest BCUT2D eigenvalue weighted by atomic mass is 10.1. The molecule has 0 aliphatic carbocycles. The molecule has 1 N–H and O–H groups in total. The molecule has 2 aromatic carbocycles. The molecule has 0 saturated heterocycles. The fraction of sp³-hybridized carbons (Fsp3) is 0.316. The van der Waals surface area contributed by atoms with Gasteiger partial charge >= 0.3 is 0 Å². The van der Waals surface area contributed by atoms with Gasteiger partial charge in [-0.3, -0.25) is 9.52 Å². The monoisotopic (exact) mass is 444 g/mol. The number of sulfonamides is 1. The zero-order valence-corrected chi connectivity index (χ0v) is 17.6. The van der Waals surface area contributed by atoms with Gasteiger partial charge in [0, 0.05) is 32.9 Å². The number of nitrogens with zero attached hydrogens (tertiary/aromatic N) is 1. The molecular formula is C19H22ClFN2O5S. The van der Waals surface area contributed by atoms with Crippen LogP contribution in [0.5, 0.6) is 0 Å². The number of carbonyl (C=O) groups excluding carboxylic acids is 1. The Labute approximate surface area is 174 Å². The quantitative estimate of drug-likeness (QED) is 0.609. The summed E-state index contributed by atoms with van der Waals surface area (Å²) in [5.74, 6) is -0.875. The van der Waals surface area contributed by atoms with E-state index in [0.29, 0.717) is 26.3 Å². The lowest BCUT2D eigenvalue weighted by Crippen LogP contribution is -2.36. The molecular weight excluding hydrogens is 423 g/mol. The SMILES string of the molecule is COCCN(CCOC)C(=O)c1ccc(Cl)c(NS(=O)(=O)c2ccc(F)cc2)c1. The second kappa shape index (κ2) is 10.5. The van der Waals surface area contributed by atoms with E-state index in [9.17, 15) is 17.6 Å². The number of hydrogen-bond donors (Lipinski definition) is 1. The van der Waals surface area contributed by atoms with Crippen molar-refractivity contribution in [3.63, 3.8) is 0 Å². The van der Waals surface area contributed by atoms with Crippen LogP contribution in [0.4, 0.5) is 10.1 Å². The number of rotatable bonds is 10. The third-order valence-electron chi connectivity index (χ3n) is 4.00. The zero-order valence-electron chi connectivity index (χ0n) is 16.0. The first-order valence-corrected chi connectivity index (χ1v) is 10.5. The maximum absolute atomic E-state index is 13.1. The van der Waals surface area contributed by atoms with Gasteiger partial charge in [0.1, 0.15) is 5.82 Å². The summed E-state index contributed by atoms with van der Waals surface area (Å²) in [4.78, 5) is 14.3.